The fourth-order valence-electron chi connectivity index (χ4n) is 2.94. The van der Waals surface area contributed by atoms with Gasteiger partial charge in [0.1, 0.15) is 12.4 Å². The molecule has 0 aliphatic heterocycles. The van der Waals surface area contributed by atoms with Gasteiger partial charge in [0.15, 0.2) is 0 Å². The molecule has 2 heteroatoms. The van der Waals surface area contributed by atoms with Gasteiger partial charge in [-0.05, 0) is 54.6 Å². The van der Waals surface area contributed by atoms with Crippen molar-refractivity contribution >= 4 is 0 Å². The number of fused-ring (bicyclic) bond motifs is 1. The number of rotatable bonds is 6. The molecule has 0 heterocycles. The van der Waals surface area contributed by atoms with E-state index >= 15 is 0 Å². The Morgan fingerprint density at radius 3 is 2.81 bits per heavy atom. The Hall–Kier alpha value is -1.80. The average Bonchev–Trinajstić information content (AvgIpc) is 2.94. The monoisotopic (exact) mass is 281 g/mol. The molecule has 0 radical (unpaired) electrons. The quantitative estimate of drug-likeness (QED) is 0.854. The predicted molar refractivity (Wildman–Crippen MR) is 86.6 cm³/mol. The van der Waals surface area contributed by atoms with E-state index in [4.69, 9.17) is 4.74 Å². The molecule has 0 spiro atoms. The molecule has 1 aliphatic carbocycles. The van der Waals surface area contributed by atoms with E-state index in [0.717, 1.165) is 12.3 Å². The van der Waals surface area contributed by atoms with Gasteiger partial charge >= 0.3 is 0 Å². The summed E-state index contributed by atoms with van der Waals surface area (Å²) in [6, 6.07) is 17.4. The van der Waals surface area contributed by atoms with E-state index in [2.05, 4.69) is 42.6 Å². The van der Waals surface area contributed by atoms with Crippen LogP contribution >= 0.6 is 0 Å². The lowest BCUT2D eigenvalue weighted by atomic mass is 10.1. The number of aryl methyl sites for hydroxylation is 1. The third-order valence-electron chi connectivity index (χ3n) is 4.08. The first-order chi connectivity index (χ1) is 10.4. The molecular formula is C19H23NO. The summed E-state index contributed by atoms with van der Waals surface area (Å²) in [4.78, 5) is 0. The molecular weight excluding hydrogens is 258 g/mol. The van der Waals surface area contributed by atoms with Crippen molar-refractivity contribution in [1.29, 1.82) is 0 Å². The third-order valence-corrected chi connectivity index (χ3v) is 4.08. The molecule has 1 unspecified atom stereocenters. The molecule has 0 bridgehead atoms. The van der Waals surface area contributed by atoms with Gasteiger partial charge in [-0.3, -0.25) is 0 Å². The highest BCUT2D eigenvalue weighted by atomic mass is 16.5. The van der Waals surface area contributed by atoms with Gasteiger partial charge < -0.3 is 10.1 Å². The highest BCUT2D eigenvalue weighted by molar-refractivity contribution is 5.41. The maximum Gasteiger partial charge on any atom is 0.120 e. The summed E-state index contributed by atoms with van der Waals surface area (Å²) in [5.41, 5.74) is 4.10. The molecule has 2 aromatic carbocycles. The van der Waals surface area contributed by atoms with Crippen molar-refractivity contribution < 1.29 is 4.74 Å². The second kappa shape index (κ2) is 6.77. The molecule has 21 heavy (non-hydrogen) atoms. The number of hydrogen-bond acceptors (Lipinski definition) is 2. The molecule has 1 aliphatic rings. The molecule has 3 rings (SSSR count). The van der Waals surface area contributed by atoms with Crippen LogP contribution in [0.4, 0.5) is 0 Å². The summed E-state index contributed by atoms with van der Waals surface area (Å²) in [5, 5.41) is 3.63. The van der Waals surface area contributed by atoms with Crippen molar-refractivity contribution in [2.24, 2.45) is 0 Å². The van der Waals surface area contributed by atoms with Crippen LogP contribution in [0.5, 0.6) is 5.75 Å². The number of hydrogen-bond donors (Lipinski definition) is 1. The van der Waals surface area contributed by atoms with Crippen LogP contribution in [0.1, 0.15) is 42.5 Å². The van der Waals surface area contributed by atoms with Crippen LogP contribution in [0.2, 0.25) is 0 Å². The lowest BCUT2D eigenvalue weighted by Gasteiger charge is -2.14. The van der Waals surface area contributed by atoms with Gasteiger partial charge in [-0.15, -0.1) is 0 Å². The fourth-order valence-corrected chi connectivity index (χ4v) is 2.94. The van der Waals surface area contributed by atoms with E-state index in [0.29, 0.717) is 12.6 Å². The maximum absolute atomic E-state index is 5.94. The van der Waals surface area contributed by atoms with Crippen LogP contribution in [-0.2, 0) is 13.0 Å². The molecule has 0 amide bonds. The molecule has 0 aromatic heterocycles. The molecule has 1 N–H and O–H groups in total. The first-order valence-electron chi connectivity index (χ1n) is 7.89. The van der Waals surface area contributed by atoms with Gasteiger partial charge in [0.05, 0.1) is 0 Å². The number of ether oxygens (including phenoxy) is 1. The maximum atomic E-state index is 5.94. The minimum absolute atomic E-state index is 0.500. The van der Waals surface area contributed by atoms with Crippen molar-refractivity contribution in [2.45, 2.75) is 38.8 Å². The van der Waals surface area contributed by atoms with Crippen molar-refractivity contribution in [3.63, 3.8) is 0 Å². The summed E-state index contributed by atoms with van der Waals surface area (Å²) in [6.07, 6.45) is 3.56. The zero-order chi connectivity index (χ0) is 14.5. The van der Waals surface area contributed by atoms with Crippen LogP contribution in [0.15, 0.2) is 48.5 Å². The highest BCUT2D eigenvalue weighted by Gasteiger charge is 2.22. The van der Waals surface area contributed by atoms with E-state index in [1.807, 2.05) is 18.2 Å². The highest BCUT2D eigenvalue weighted by Crippen LogP contribution is 2.33. The molecule has 1 atom stereocenters. The van der Waals surface area contributed by atoms with Gasteiger partial charge in [-0.25, -0.2) is 0 Å². The Morgan fingerprint density at radius 1 is 1.14 bits per heavy atom. The SMILES string of the molecule is CCCNC1CCc2ccc(OCc3ccccc3)cc21. The second-order valence-corrected chi connectivity index (χ2v) is 5.68. The number of benzene rings is 2. The predicted octanol–water partition coefficient (Wildman–Crippen LogP) is 4.25. The lowest BCUT2D eigenvalue weighted by molar-refractivity contribution is 0.305. The summed E-state index contributed by atoms with van der Waals surface area (Å²) in [6.45, 7) is 3.92. The van der Waals surface area contributed by atoms with Crippen LogP contribution in [-0.4, -0.2) is 6.54 Å². The standard InChI is InChI=1S/C19H23NO/c1-2-12-20-19-11-9-16-8-10-17(13-18(16)19)21-14-15-6-4-3-5-7-15/h3-8,10,13,19-20H,2,9,11-12,14H2,1H3. The minimum Gasteiger partial charge on any atom is -0.489 e. The van der Waals surface area contributed by atoms with Gasteiger partial charge in [0, 0.05) is 6.04 Å². The second-order valence-electron chi connectivity index (χ2n) is 5.68. The van der Waals surface area contributed by atoms with E-state index in [-0.39, 0.29) is 0 Å². The molecule has 2 aromatic rings. The summed E-state index contributed by atoms with van der Waals surface area (Å²) in [5.74, 6) is 0.975. The zero-order valence-corrected chi connectivity index (χ0v) is 12.6. The van der Waals surface area contributed by atoms with E-state index in [9.17, 15) is 0 Å². The van der Waals surface area contributed by atoms with Crippen molar-refractivity contribution in [1.82, 2.24) is 5.32 Å². The van der Waals surface area contributed by atoms with Gasteiger partial charge in [0.2, 0.25) is 0 Å². The number of nitrogens with one attached hydrogen (secondary N) is 1. The van der Waals surface area contributed by atoms with E-state index in [1.165, 1.54) is 36.0 Å². The van der Waals surface area contributed by atoms with Crippen LogP contribution in [0.25, 0.3) is 0 Å². The fraction of sp³-hybridized carbons (Fsp3) is 0.368. The summed E-state index contributed by atoms with van der Waals surface area (Å²) < 4.78 is 5.94. The Kier molecular flexibility index (Phi) is 4.56. The zero-order valence-electron chi connectivity index (χ0n) is 12.6. The van der Waals surface area contributed by atoms with Crippen LogP contribution in [0.3, 0.4) is 0 Å². The Morgan fingerprint density at radius 2 is 2.00 bits per heavy atom. The van der Waals surface area contributed by atoms with Crippen LogP contribution < -0.4 is 10.1 Å². The molecule has 0 saturated carbocycles. The van der Waals surface area contributed by atoms with Gasteiger partial charge in [0.25, 0.3) is 0 Å². The third kappa shape index (κ3) is 3.45. The van der Waals surface area contributed by atoms with Crippen LogP contribution in [0, 0.1) is 0 Å². The molecule has 110 valence electrons. The Labute approximate surface area is 127 Å². The van der Waals surface area contributed by atoms with Gasteiger partial charge in [-0.2, -0.15) is 0 Å². The minimum atomic E-state index is 0.500. The molecule has 0 fully saturated rings. The normalized spacial score (nSPS) is 16.7. The van der Waals surface area contributed by atoms with E-state index in [1.54, 1.807) is 0 Å². The molecule has 2 nitrogen and oxygen atoms in total. The average molecular weight is 281 g/mol. The van der Waals surface area contributed by atoms with Crippen molar-refractivity contribution in [3.05, 3.63) is 65.2 Å². The van der Waals surface area contributed by atoms with Gasteiger partial charge in [-0.1, -0.05) is 43.3 Å². The largest absolute Gasteiger partial charge is 0.489 e. The van der Waals surface area contributed by atoms with E-state index < -0.39 is 0 Å². The smallest absolute Gasteiger partial charge is 0.120 e. The summed E-state index contributed by atoms with van der Waals surface area (Å²) in [7, 11) is 0. The van der Waals surface area contributed by atoms with Crippen molar-refractivity contribution in [3.8, 4) is 5.75 Å². The lowest BCUT2D eigenvalue weighted by Crippen LogP contribution is -2.19. The first-order valence-corrected chi connectivity index (χ1v) is 7.89. The topological polar surface area (TPSA) is 21.3 Å². The summed E-state index contributed by atoms with van der Waals surface area (Å²) >= 11 is 0. The Bertz CT molecular complexity index is 579. The molecule has 0 saturated heterocycles. The Balaban J connectivity index is 1.67. The first kappa shape index (κ1) is 14.2. The van der Waals surface area contributed by atoms with Crippen molar-refractivity contribution in [2.75, 3.05) is 6.54 Å².